The van der Waals surface area contributed by atoms with E-state index in [1.165, 1.54) is 6.92 Å². The molecular weight excluding hydrogens is 303 g/mol. The van der Waals surface area contributed by atoms with E-state index in [-0.39, 0.29) is 10.6 Å². The van der Waals surface area contributed by atoms with Crippen molar-refractivity contribution < 1.29 is 14.7 Å². The summed E-state index contributed by atoms with van der Waals surface area (Å²) >= 11 is 12.4. The lowest BCUT2D eigenvalue weighted by atomic mass is 9.97. The van der Waals surface area contributed by atoms with Crippen molar-refractivity contribution >= 4 is 35.1 Å². The average molecular weight is 317 g/mol. The largest absolute Gasteiger partial charge is 0.480 e. The molecule has 0 bridgehead atoms. The van der Waals surface area contributed by atoms with E-state index >= 15 is 0 Å². The Hall–Kier alpha value is -1.30. The first-order valence-corrected chi connectivity index (χ1v) is 6.91. The first-order chi connectivity index (χ1) is 9.41. The maximum Gasteiger partial charge on any atom is 0.325 e. The Kier molecular flexibility index (Phi) is 4.52. The lowest BCUT2D eigenvalue weighted by Crippen LogP contribution is -2.38. The van der Waals surface area contributed by atoms with E-state index in [0.717, 1.165) is 17.7 Å². The van der Waals surface area contributed by atoms with Gasteiger partial charge in [-0.3, -0.25) is 9.59 Å². The quantitative estimate of drug-likeness (QED) is 0.795. The topological polar surface area (TPSA) is 78.4 Å². The van der Waals surface area contributed by atoms with Gasteiger partial charge in [-0.05, 0) is 37.1 Å². The Morgan fingerprint density at radius 1 is 1.45 bits per heavy atom. The molecule has 0 aromatic heterocycles. The number of halogens is 2. The van der Waals surface area contributed by atoms with Crippen molar-refractivity contribution in [3.8, 4) is 0 Å². The van der Waals surface area contributed by atoms with Crippen LogP contribution in [0.2, 0.25) is 10.0 Å². The Bertz CT molecular complexity index is 575. The molecular formula is C13H14Cl2N2O3. The van der Waals surface area contributed by atoms with Gasteiger partial charge in [0.2, 0.25) is 0 Å². The molecule has 1 heterocycles. The van der Waals surface area contributed by atoms with Crippen LogP contribution in [0, 0.1) is 0 Å². The van der Waals surface area contributed by atoms with Crippen molar-refractivity contribution in [1.82, 2.24) is 10.6 Å². The van der Waals surface area contributed by atoms with Gasteiger partial charge in [0.05, 0.1) is 15.6 Å². The summed E-state index contributed by atoms with van der Waals surface area (Å²) in [7, 11) is 0. The highest BCUT2D eigenvalue weighted by Gasteiger charge is 2.24. The molecule has 0 spiro atoms. The van der Waals surface area contributed by atoms with Crippen LogP contribution >= 0.6 is 23.2 Å². The van der Waals surface area contributed by atoms with Crippen molar-refractivity contribution in [3.63, 3.8) is 0 Å². The zero-order valence-electron chi connectivity index (χ0n) is 10.8. The van der Waals surface area contributed by atoms with E-state index in [4.69, 9.17) is 28.3 Å². The predicted octanol–water partition coefficient (Wildman–Crippen LogP) is 1.84. The third-order valence-electron chi connectivity index (χ3n) is 3.22. The number of hydrogen-bond donors (Lipinski definition) is 3. The maximum atomic E-state index is 12.1. The molecule has 1 atom stereocenters. The highest BCUT2D eigenvalue weighted by atomic mass is 35.5. The molecule has 0 saturated heterocycles. The molecule has 2 rings (SSSR count). The van der Waals surface area contributed by atoms with Crippen LogP contribution in [0.3, 0.4) is 0 Å². The number of carbonyl (C=O) groups excluding carboxylic acids is 1. The first kappa shape index (κ1) is 15.1. The van der Waals surface area contributed by atoms with E-state index in [2.05, 4.69) is 10.6 Å². The van der Waals surface area contributed by atoms with Crippen LogP contribution in [0.15, 0.2) is 6.07 Å². The van der Waals surface area contributed by atoms with Crippen LogP contribution in [-0.2, 0) is 17.8 Å². The fourth-order valence-corrected chi connectivity index (χ4v) is 2.88. The number of rotatable bonds is 3. The number of carbonyl (C=O) groups is 2. The van der Waals surface area contributed by atoms with Crippen LogP contribution in [0.1, 0.15) is 28.4 Å². The minimum atomic E-state index is -1.12. The molecule has 1 aliphatic rings. The summed E-state index contributed by atoms with van der Waals surface area (Å²) in [5, 5.41) is 14.9. The van der Waals surface area contributed by atoms with E-state index in [9.17, 15) is 9.59 Å². The van der Waals surface area contributed by atoms with Crippen molar-refractivity contribution in [2.75, 3.05) is 6.54 Å². The van der Waals surface area contributed by atoms with Crippen molar-refractivity contribution in [2.24, 2.45) is 0 Å². The molecule has 0 aliphatic carbocycles. The van der Waals surface area contributed by atoms with Crippen LogP contribution < -0.4 is 10.6 Å². The molecule has 108 valence electrons. The molecule has 1 aliphatic heterocycles. The number of nitrogens with one attached hydrogen (secondary N) is 2. The number of carboxylic acids is 1. The highest BCUT2D eigenvalue weighted by molar-refractivity contribution is 6.40. The zero-order valence-corrected chi connectivity index (χ0v) is 12.3. The van der Waals surface area contributed by atoms with E-state index in [1.807, 2.05) is 0 Å². The fraction of sp³-hybridized carbons (Fsp3) is 0.385. The van der Waals surface area contributed by atoms with Gasteiger partial charge in [-0.2, -0.15) is 0 Å². The van der Waals surface area contributed by atoms with Gasteiger partial charge in [-0.15, -0.1) is 0 Å². The molecule has 1 unspecified atom stereocenters. The minimum Gasteiger partial charge on any atom is -0.480 e. The third-order valence-corrected chi connectivity index (χ3v) is 3.94. The van der Waals surface area contributed by atoms with Gasteiger partial charge in [0, 0.05) is 6.54 Å². The number of fused-ring (bicyclic) bond motifs is 1. The van der Waals surface area contributed by atoms with Crippen molar-refractivity contribution in [2.45, 2.75) is 25.9 Å². The number of amides is 1. The molecule has 20 heavy (non-hydrogen) atoms. The van der Waals surface area contributed by atoms with E-state index in [0.29, 0.717) is 18.0 Å². The number of hydrogen-bond acceptors (Lipinski definition) is 3. The second-order valence-corrected chi connectivity index (χ2v) is 5.43. The molecule has 0 fully saturated rings. The first-order valence-electron chi connectivity index (χ1n) is 6.16. The second-order valence-electron chi connectivity index (χ2n) is 4.65. The zero-order chi connectivity index (χ0) is 14.9. The number of benzene rings is 1. The summed E-state index contributed by atoms with van der Waals surface area (Å²) in [6.45, 7) is 2.81. The lowest BCUT2D eigenvalue weighted by Gasteiger charge is -2.21. The van der Waals surface area contributed by atoms with Gasteiger partial charge in [-0.25, -0.2) is 0 Å². The maximum absolute atomic E-state index is 12.1. The summed E-state index contributed by atoms with van der Waals surface area (Å²) in [5.74, 6) is -1.69. The second kappa shape index (κ2) is 5.99. The Morgan fingerprint density at radius 3 is 2.80 bits per heavy atom. The monoisotopic (exact) mass is 316 g/mol. The summed E-state index contributed by atoms with van der Waals surface area (Å²) < 4.78 is 0. The molecule has 1 amide bonds. The van der Waals surface area contributed by atoms with Gasteiger partial charge in [0.15, 0.2) is 0 Å². The smallest absolute Gasteiger partial charge is 0.325 e. The molecule has 3 N–H and O–H groups in total. The van der Waals surface area contributed by atoms with Crippen LogP contribution in [0.4, 0.5) is 0 Å². The van der Waals surface area contributed by atoms with Crippen LogP contribution in [0.5, 0.6) is 0 Å². The van der Waals surface area contributed by atoms with Gasteiger partial charge < -0.3 is 15.7 Å². The van der Waals surface area contributed by atoms with Crippen molar-refractivity contribution in [1.29, 1.82) is 0 Å². The Balaban J connectivity index is 2.36. The van der Waals surface area contributed by atoms with E-state index < -0.39 is 17.9 Å². The summed E-state index contributed by atoms with van der Waals surface area (Å²) in [5.41, 5.74) is 2.00. The van der Waals surface area contributed by atoms with Crippen LogP contribution in [-0.4, -0.2) is 29.6 Å². The standard InChI is InChI=1S/C13H14Cl2N2O3/c1-6(13(19)20)17-12(18)10-9(14)4-7-5-16-3-2-8(7)11(10)15/h4,6,16H,2-3,5H2,1H3,(H,17,18)(H,19,20). The Labute approximate surface area is 126 Å². The lowest BCUT2D eigenvalue weighted by molar-refractivity contribution is -0.138. The van der Waals surface area contributed by atoms with E-state index in [1.54, 1.807) is 6.07 Å². The predicted molar refractivity (Wildman–Crippen MR) is 76.4 cm³/mol. The fourth-order valence-electron chi connectivity index (χ4n) is 2.11. The molecule has 7 heteroatoms. The van der Waals surface area contributed by atoms with Gasteiger partial charge in [0.25, 0.3) is 5.91 Å². The number of carboxylic acid groups (broad SMARTS) is 1. The third kappa shape index (κ3) is 2.90. The number of aliphatic carboxylic acids is 1. The summed E-state index contributed by atoms with van der Waals surface area (Å²) in [6, 6.07) is 0.697. The molecule has 1 aromatic rings. The van der Waals surface area contributed by atoms with Crippen molar-refractivity contribution in [3.05, 3.63) is 32.8 Å². The van der Waals surface area contributed by atoms with Gasteiger partial charge >= 0.3 is 5.97 Å². The minimum absolute atomic E-state index is 0.141. The van der Waals surface area contributed by atoms with Gasteiger partial charge in [0.1, 0.15) is 6.04 Å². The highest BCUT2D eigenvalue weighted by Crippen LogP contribution is 2.33. The molecule has 1 aromatic carbocycles. The Morgan fingerprint density at radius 2 is 2.15 bits per heavy atom. The normalized spacial score (nSPS) is 15.3. The summed E-state index contributed by atoms with van der Waals surface area (Å²) in [6.07, 6.45) is 0.708. The van der Waals surface area contributed by atoms with Gasteiger partial charge in [-0.1, -0.05) is 23.2 Å². The molecule has 0 saturated carbocycles. The molecule has 5 nitrogen and oxygen atoms in total. The SMILES string of the molecule is CC(NC(=O)c1c(Cl)cc2c(c1Cl)CCNC2)C(=O)O. The van der Waals surface area contributed by atoms with Crippen LogP contribution in [0.25, 0.3) is 0 Å². The summed E-state index contributed by atoms with van der Waals surface area (Å²) in [4.78, 5) is 22.9. The average Bonchev–Trinajstić information content (AvgIpc) is 2.38. The molecule has 0 radical (unpaired) electrons.